The van der Waals surface area contributed by atoms with Crippen molar-refractivity contribution in [3.63, 3.8) is 0 Å². The van der Waals surface area contributed by atoms with E-state index >= 15 is 0 Å². The second kappa shape index (κ2) is 31.0. The van der Waals surface area contributed by atoms with Crippen molar-refractivity contribution in [1.29, 1.82) is 0 Å². The van der Waals surface area contributed by atoms with Crippen molar-refractivity contribution in [2.45, 2.75) is 187 Å². The Morgan fingerprint density at radius 1 is 0.561 bits per heavy atom. The van der Waals surface area contributed by atoms with Gasteiger partial charge in [-0.1, -0.05) is 162 Å². The van der Waals surface area contributed by atoms with E-state index in [-0.39, 0.29) is 19.2 Å². The summed E-state index contributed by atoms with van der Waals surface area (Å²) in [4.78, 5) is 30.4. The van der Waals surface area contributed by atoms with Gasteiger partial charge in [0.15, 0.2) is 0 Å². The second-order valence-electron chi connectivity index (χ2n) is 11.9. The van der Waals surface area contributed by atoms with Crippen molar-refractivity contribution < 1.29 is 33.1 Å². The lowest BCUT2D eigenvalue weighted by Crippen LogP contribution is -2.28. The summed E-state index contributed by atoms with van der Waals surface area (Å²) in [6.45, 7) is 4.76. The monoisotopic (exact) mass is 606 g/mol. The summed E-state index contributed by atoms with van der Waals surface area (Å²) in [5, 5.41) is 0. The van der Waals surface area contributed by atoms with Gasteiger partial charge in [-0.2, -0.15) is 0 Å². The predicted molar refractivity (Wildman–Crippen MR) is 170 cm³/mol. The van der Waals surface area contributed by atoms with Crippen LogP contribution in [0.4, 0.5) is 0 Å². The third-order valence-corrected chi connectivity index (χ3v) is 8.14. The third-order valence-electron chi connectivity index (χ3n) is 7.66. The molecule has 0 heterocycles. The van der Waals surface area contributed by atoms with E-state index in [1.807, 2.05) is 0 Å². The molecule has 2 N–H and O–H groups in total. The number of carbonyl (C=O) groups excluding carboxylic acids is 1. The van der Waals surface area contributed by atoms with Crippen molar-refractivity contribution in [2.75, 3.05) is 19.8 Å². The summed E-state index contributed by atoms with van der Waals surface area (Å²) in [7, 11) is -4.63. The van der Waals surface area contributed by atoms with Gasteiger partial charge in [0.25, 0.3) is 0 Å². The van der Waals surface area contributed by atoms with E-state index in [2.05, 4.69) is 18.4 Å². The minimum Gasteiger partial charge on any atom is -0.457 e. The Kier molecular flexibility index (Phi) is 30.6. The Morgan fingerprint density at radius 2 is 0.927 bits per heavy atom. The number of hydrogen-bond donors (Lipinski definition) is 2. The molecule has 0 saturated heterocycles. The van der Waals surface area contributed by atoms with Gasteiger partial charge in [-0.25, -0.2) is 4.57 Å². The van der Waals surface area contributed by atoms with E-state index in [4.69, 9.17) is 19.3 Å². The molecule has 0 aliphatic carbocycles. The number of ether oxygens (including phenoxy) is 2. The lowest BCUT2D eigenvalue weighted by atomic mass is 10.0. The Bertz CT molecular complexity index is 596. The highest BCUT2D eigenvalue weighted by Gasteiger charge is 2.21. The highest BCUT2D eigenvalue weighted by atomic mass is 31.2. The van der Waals surface area contributed by atoms with Gasteiger partial charge in [0.1, 0.15) is 6.10 Å². The quantitative estimate of drug-likeness (QED) is 0.0435. The van der Waals surface area contributed by atoms with Crippen LogP contribution in [0.2, 0.25) is 0 Å². The van der Waals surface area contributed by atoms with E-state index in [1.54, 1.807) is 0 Å². The number of unbranched alkanes of at least 4 members (excludes halogenated alkanes) is 23. The van der Waals surface area contributed by atoms with Crippen LogP contribution in [-0.4, -0.2) is 41.7 Å². The van der Waals surface area contributed by atoms with Gasteiger partial charge in [0.2, 0.25) is 0 Å². The molecule has 0 saturated carbocycles. The van der Waals surface area contributed by atoms with Crippen LogP contribution in [-0.2, 0) is 23.4 Å². The Hall–Kier alpha value is -0.460. The van der Waals surface area contributed by atoms with Crippen LogP contribution in [0.25, 0.3) is 0 Å². The zero-order valence-corrected chi connectivity index (χ0v) is 27.9. The Morgan fingerprint density at radius 3 is 1.32 bits per heavy atom. The van der Waals surface area contributed by atoms with Crippen LogP contribution < -0.4 is 0 Å². The SMILES string of the molecule is CCCCCCCCCCCCCCCC(=O)O[C@H](COCCCCCCCCCCCCCC)COP(=O)(O)O. The minimum absolute atomic E-state index is 0.0857. The fraction of sp³-hybridized carbons (Fsp3) is 0.970. The smallest absolute Gasteiger partial charge is 0.457 e. The van der Waals surface area contributed by atoms with Crippen LogP contribution in [0.15, 0.2) is 0 Å². The van der Waals surface area contributed by atoms with Crippen molar-refractivity contribution in [1.82, 2.24) is 0 Å². The molecule has 0 aromatic carbocycles. The van der Waals surface area contributed by atoms with E-state index in [0.717, 1.165) is 32.1 Å². The zero-order chi connectivity index (χ0) is 30.3. The molecule has 0 amide bonds. The lowest BCUT2D eigenvalue weighted by molar-refractivity contribution is -0.154. The van der Waals surface area contributed by atoms with Gasteiger partial charge in [0, 0.05) is 13.0 Å². The molecule has 246 valence electrons. The van der Waals surface area contributed by atoms with Gasteiger partial charge < -0.3 is 19.3 Å². The minimum atomic E-state index is -4.63. The lowest BCUT2D eigenvalue weighted by Gasteiger charge is -2.18. The maximum absolute atomic E-state index is 12.3. The summed E-state index contributed by atoms with van der Waals surface area (Å²) in [5.41, 5.74) is 0. The van der Waals surface area contributed by atoms with Gasteiger partial charge in [0.05, 0.1) is 13.2 Å². The van der Waals surface area contributed by atoms with Gasteiger partial charge in [-0.3, -0.25) is 9.32 Å². The summed E-state index contributed by atoms with van der Waals surface area (Å²) >= 11 is 0. The Labute approximate surface area is 253 Å². The number of carbonyl (C=O) groups is 1. The molecular formula is C33H67O7P. The van der Waals surface area contributed by atoms with Crippen molar-refractivity contribution in [3.05, 3.63) is 0 Å². The zero-order valence-electron chi connectivity index (χ0n) is 27.0. The highest BCUT2D eigenvalue weighted by Crippen LogP contribution is 2.35. The summed E-state index contributed by atoms with van der Waals surface area (Å²) in [5.74, 6) is -0.360. The number of phosphoric ester groups is 1. The molecule has 1 atom stereocenters. The molecule has 0 aliphatic rings. The number of phosphoric acid groups is 1. The first-order valence-corrected chi connectivity index (χ1v) is 18.9. The van der Waals surface area contributed by atoms with E-state index in [0.29, 0.717) is 13.0 Å². The topological polar surface area (TPSA) is 102 Å². The van der Waals surface area contributed by atoms with Crippen molar-refractivity contribution in [2.24, 2.45) is 0 Å². The van der Waals surface area contributed by atoms with Crippen LogP contribution >= 0.6 is 7.82 Å². The molecule has 0 spiro atoms. The predicted octanol–water partition coefficient (Wildman–Crippen LogP) is 10.2. The molecule has 0 unspecified atom stereocenters. The largest absolute Gasteiger partial charge is 0.469 e. The molecule has 0 rings (SSSR count). The molecule has 0 radical (unpaired) electrons. The number of hydrogen-bond acceptors (Lipinski definition) is 5. The first kappa shape index (κ1) is 40.5. The molecule has 0 fully saturated rings. The van der Waals surface area contributed by atoms with Crippen LogP contribution in [0, 0.1) is 0 Å². The summed E-state index contributed by atoms with van der Waals surface area (Å²) in [6.07, 6.45) is 30.8. The Balaban J connectivity index is 3.83. The summed E-state index contributed by atoms with van der Waals surface area (Å²) < 4.78 is 26.8. The number of esters is 1. The van der Waals surface area contributed by atoms with Gasteiger partial charge >= 0.3 is 13.8 Å². The second-order valence-corrected chi connectivity index (χ2v) is 13.1. The summed E-state index contributed by atoms with van der Waals surface area (Å²) in [6, 6.07) is 0. The molecule has 8 heteroatoms. The molecule has 0 aromatic heterocycles. The third kappa shape index (κ3) is 33.9. The first-order valence-electron chi connectivity index (χ1n) is 17.4. The van der Waals surface area contributed by atoms with E-state index in [1.165, 1.54) is 128 Å². The van der Waals surface area contributed by atoms with Crippen molar-refractivity contribution in [3.8, 4) is 0 Å². The molecule has 0 aromatic rings. The van der Waals surface area contributed by atoms with Crippen molar-refractivity contribution >= 4 is 13.8 Å². The first-order chi connectivity index (χ1) is 19.9. The van der Waals surface area contributed by atoms with Gasteiger partial charge in [-0.15, -0.1) is 0 Å². The highest BCUT2D eigenvalue weighted by molar-refractivity contribution is 7.46. The molecule has 0 aliphatic heterocycles. The average Bonchev–Trinajstić information content (AvgIpc) is 2.93. The molecular weight excluding hydrogens is 539 g/mol. The molecule has 0 bridgehead atoms. The molecule has 41 heavy (non-hydrogen) atoms. The van der Waals surface area contributed by atoms with Crippen LogP contribution in [0.5, 0.6) is 0 Å². The standard InChI is InChI=1S/C33H67O7P/c1-3-5-7-9-11-13-15-17-18-20-22-24-26-28-33(34)40-32(31-39-41(35,36)37)30-38-29-27-25-23-21-19-16-14-12-10-8-6-4-2/h32H,3-31H2,1-2H3,(H2,35,36,37)/t32-/m1/s1. The van der Waals surface area contributed by atoms with E-state index < -0.39 is 13.9 Å². The number of rotatable bonds is 33. The van der Waals surface area contributed by atoms with Crippen LogP contribution in [0.3, 0.4) is 0 Å². The van der Waals surface area contributed by atoms with E-state index in [9.17, 15) is 9.36 Å². The fourth-order valence-corrected chi connectivity index (χ4v) is 5.45. The maximum Gasteiger partial charge on any atom is 0.469 e. The van der Waals surface area contributed by atoms with Crippen LogP contribution in [0.1, 0.15) is 181 Å². The molecule has 7 nitrogen and oxygen atoms in total. The van der Waals surface area contributed by atoms with Gasteiger partial charge in [-0.05, 0) is 12.8 Å². The normalized spacial score (nSPS) is 12.6. The average molecular weight is 607 g/mol. The fourth-order valence-electron chi connectivity index (χ4n) is 5.09. The maximum atomic E-state index is 12.3.